The monoisotopic (exact) mass is 170 g/mol. The van der Waals surface area contributed by atoms with Crippen LogP contribution < -0.4 is 9.47 Å². The molecule has 0 saturated heterocycles. The molecule has 4 nitrogen and oxygen atoms in total. The maximum Gasteiger partial charge on any atom is 0.277 e. The summed E-state index contributed by atoms with van der Waals surface area (Å²) in [4.78, 5) is 4.19. The first-order valence-electron chi connectivity index (χ1n) is 3.89. The Kier molecular flexibility index (Phi) is 2.58. The molecule has 1 aromatic heterocycles. The molecular weight excluding hydrogens is 156 g/mol. The minimum Gasteiger partial charge on any atom is -0.478 e. The first-order chi connectivity index (χ1) is 5.74. The Balaban J connectivity index is 3.16. The largest absolute Gasteiger partial charge is 0.478 e. The van der Waals surface area contributed by atoms with Gasteiger partial charge in [0.15, 0.2) is 0 Å². The standard InChI is InChI=1S/C8H14N2O2/c1-5-10-6(2)9-7(11-3)8(10)12-4/h5H2,1-4H3. The zero-order valence-corrected chi connectivity index (χ0v) is 7.92. The van der Waals surface area contributed by atoms with Crippen LogP contribution in [0.25, 0.3) is 0 Å². The van der Waals surface area contributed by atoms with Crippen LogP contribution in [-0.4, -0.2) is 23.8 Å². The molecule has 4 heteroatoms. The van der Waals surface area contributed by atoms with Crippen molar-refractivity contribution in [2.24, 2.45) is 0 Å². The van der Waals surface area contributed by atoms with Crippen LogP contribution in [0.3, 0.4) is 0 Å². The van der Waals surface area contributed by atoms with Gasteiger partial charge in [0, 0.05) is 6.54 Å². The normalized spacial score (nSPS) is 10.0. The maximum absolute atomic E-state index is 5.15. The zero-order chi connectivity index (χ0) is 9.14. The first-order valence-corrected chi connectivity index (χ1v) is 3.89. The van der Waals surface area contributed by atoms with E-state index >= 15 is 0 Å². The van der Waals surface area contributed by atoms with Crippen LogP contribution in [0.4, 0.5) is 0 Å². The van der Waals surface area contributed by atoms with Crippen LogP contribution in [0.5, 0.6) is 11.8 Å². The first kappa shape index (κ1) is 8.90. The Morgan fingerprint density at radius 1 is 1.33 bits per heavy atom. The quantitative estimate of drug-likeness (QED) is 0.684. The molecule has 68 valence electrons. The molecule has 0 aromatic carbocycles. The van der Waals surface area contributed by atoms with Crippen molar-refractivity contribution in [1.82, 2.24) is 9.55 Å². The van der Waals surface area contributed by atoms with Crippen molar-refractivity contribution < 1.29 is 9.47 Å². The van der Waals surface area contributed by atoms with E-state index in [1.54, 1.807) is 14.2 Å². The van der Waals surface area contributed by atoms with Crippen LogP contribution in [0, 0.1) is 6.92 Å². The van der Waals surface area contributed by atoms with Gasteiger partial charge in [-0.3, -0.25) is 4.57 Å². The topological polar surface area (TPSA) is 36.3 Å². The number of hydrogen-bond acceptors (Lipinski definition) is 3. The summed E-state index contributed by atoms with van der Waals surface area (Å²) in [7, 11) is 3.20. The number of nitrogens with zero attached hydrogens (tertiary/aromatic N) is 2. The van der Waals surface area contributed by atoms with Crippen LogP contribution in [0.2, 0.25) is 0 Å². The Morgan fingerprint density at radius 2 is 2.00 bits per heavy atom. The molecule has 0 aliphatic rings. The molecule has 0 unspecified atom stereocenters. The summed E-state index contributed by atoms with van der Waals surface area (Å²) >= 11 is 0. The maximum atomic E-state index is 5.15. The molecule has 12 heavy (non-hydrogen) atoms. The Labute approximate surface area is 72.1 Å². The molecular formula is C8H14N2O2. The summed E-state index contributed by atoms with van der Waals surface area (Å²) in [5.41, 5.74) is 0. The highest BCUT2D eigenvalue weighted by molar-refractivity contribution is 5.29. The van der Waals surface area contributed by atoms with Crippen molar-refractivity contribution in [2.45, 2.75) is 20.4 Å². The molecule has 0 atom stereocenters. The van der Waals surface area contributed by atoms with Crippen molar-refractivity contribution in [3.63, 3.8) is 0 Å². The van der Waals surface area contributed by atoms with Crippen LogP contribution in [0.1, 0.15) is 12.7 Å². The van der Waals surface area contributed by atoms with E-state index in [0.29, 0.717) is 11.8 Å². The van der Waals surface area contributed by atoms with E-state index < -0.39 is 0 Å². The third kappa shape index (κ3) is 1.24. The smallest absolute Gasteiger partial charge is 0.277 e. The average Bonchev–Trinajstić information content (AvgIpc) is 2.40. The molecule has 0 radical (unpaired) electrons. The number of hydrogen-bond donors (Lipinski definition) is 0. The Morgan fingerprint density at radius 3 is 2.42 bits per heavy atom. The van der Waals surface area contributed by atoms with Gasteiger partial charge < -0.3 is 9.47 Å². The fraction of sp³-hybridized carbons (Fsp3) is 0.625. The van der Waals surface area contributed by atoms with Gasteiger partial charge in [0.05, 0.1) is 14.2 Å². The van der Waals surface area contributed by atoms with Gasteiger partial charge in [-0.25, -0.2) is 0 Å². The minimum atomic E-state index is 0.553. The van der Waals surface area contributed by atoms with Gasteiger partial charge in [0.1, 0.15) is 5.82 Å². The third-order valence-corrected chi connectivity index (χ3v) is 1.79. The van der Waals surface area contributed by atoms with E-state index in [1.807, 2.05) is 18.4 Å². The highest BCUT2D eigenvalue weighted by Crippen LogP contribution is 2.26. The third-order valence-electron chi connectivity index (χ3n) is 1.79. The molecule has 0 N–H and O–H groups in total. The van der Waals surface area contributed by atoms with E-state index in [9.17, 15) is 0 Å². The SMILES string of the molecule is CCn1c(C)nc(OC)c1OC. The predicted molar refractivity (Wildman–Crippen MR) is 45.7 cm³/mol. The molecule has 1 heterocycles. The second-order valence-corrected chi connectivity index (χ2v) is 2.42. The summed E-state index contributed by atoms with van der Waals surface area (Å²) in [6, 6.07) is 0. The lowest BCUT2D eigenvalue weighted by Gasteiger charge is -2.05. The van der Waals surface area contributed by atoms with Crippen molar-refractivity contribution in [3.05, 3.63) is 5.82 Å². The van der Waals surface area contributed by atoms with Crippen molar-refractivity contribution in [1.29, 1.82) is 0 Å². The lowest BCUT2D eigenvalue weighted by Crippen LogP contribution is -2.00. The van der Waals surface area contributed by atoms with Crippen LogP contribution in [0.15, 0.2) is 0 Å². The summed E-state index contributed by atoms with van der Waals surface area (Å²) in [5, 5.41) is 0. The van der Waals surface area contributed by atoms with Crippen LogP contribution in [-0.2, 0) is 6.54 Å². The average molecular weight is 170 g/mol. The number of imidazole rings is 1. The van der Waals surface area contributed by atoms with Gasteiger partial charge >= 0.3 is 0 Å². The Hall–Kier alpha value is -1.19. The van der Waals surface area contributed by atoms with Gasteiger partial charge in [0.2, 0.25) is 0 Å². The van der Waals surface area contributed by atoms with E-state index in [1.165, 1.54) is 0 Å². The number of aromatic nitrogens is 2. The molecule has 1 rings (SSSR count). The van der Waals surface area contributed by atoms with Crippen molar-refractivity contribution >= 4 is 0 Å². The predicted octanol–water partition coefficient (Wildman–Crippen LogP) is 1.23. The molecule has 0 aliphatic carbocycles. The second-order valence-electron chi connectivity index (χ2n) is 2.42. The molecule has 0 bridgehead atoms. The van der Waals surface area contributed by atoms with Crippen LogP contribution >= 0.6 is 0 Å². The van der Waals surface area contributed by atoms with Crippen molar-refractivity contribution in [2.75, 3.05) is 14.2 Å². The Bertz CT molecular complexity index is 268. The van der Waals surface area contributed by atoms with Gasteiger partial charge in [-0.1, -0.05) is 0 Å². The minimum absolute atomic E-state index is 0.553. The van der Waals surface area contributed by atoms with Crippen molar-refractivity contribution in [3.8, 4) is 11.8 Å². The van der Waals surface area contributed by atoms with Gasteiger partial charge in [-0.05, 0) is 13.8 Å². The molecule has 0 saturated carbocycles. The van der Waals surface area contributed by atoms with Gasteiger partial charge in [-0.15, -0.1) is 0 Å². The summed E-state index contributed by atoms with van der Waals surface area (Å²) in [5.74, 6) is 2.15. The zero-order valence-electron chi connectivity index (χ0n) is 7.92. The summed E-state index contributed by atoms with van der Waals surface area (Å²) in [6.45, 7) is 4.80. The van der Waals surface area contributed by atoms with E-state index in [2.05, 4.69) is 4.98 Å². The number of aryl methyl sites for hydroxylation is 1. The fourth-order valence-electron chi connectivity index (χ4n) is 1.22. The summed E-state index contributed by atoms with van der Waals surface area (Å²) < 4.78 is 12.2. The number of rotatable bonds is 3. The highest BCUT2D eigenvalue weighted by atomic mass is 16.5. The van der Waals surface area contributed by atoms with E-state index in [4.69, 9.17) is 9.47 Å². The molecule has 0 amide bonds. The number of ether oxygens (including phenoxy) is 2. The lowest BCUT2D eigenvalue weighted by molar-refractivity contribution is 0.327. The molecule has 0 aliphatic heterocycles. The highest BCUT2D eigenvalue weighted by Gasteiger charge is 2.13. The fourth-order valence-corrected chi connectivity index (χ4v) is 1.22. The molecule has 0 spiro atoms. The van der Waals surface area contributed by atoms with Gasteiger partial charge in [-0.2, -0.15) is 4.98 Å². The van der Waals surface area contributed by atoms with E-state index in [0.717, 1.165) is 12.4 Å². The lowest BCUT2D eigenvalue weighted by atomic mass is 10.6. The molecule has 1 aromatic rings. The molecule has 0 fully saturated rings. The second kappa shape index (κ2) is 3.47. The number of methoxy groups -OCH3 is 2. The van der Waals surface area contributed by atoms with E-state index in [-0.39, 0.29) is 0 Å². The summed E-state index contributed by atoms with van der Waals surface area (Å²) in [6.07, 6.45) is 0. The van der Waals surface area contributed by atoms with Gasteiger partial charge in [0.25, 0.3) is 11.8 Å².